The molecule has 0 saturated carbocycles. The number of anilines is 3. The third-order valence-electron chi connectivity index (χ3n) is 3.42. The number of hydrogen-bond donors (Lipinski definition) is 2. The molecule has 0 aliphatic carbocycles. The van der Waals surface area contributed by atoms with Gasteiger partial charge in [0.2, 0.25) is 0 Å². The van der Waals surface area contributed by atoms with Crippen LogP contribution in [0.3, 0.4) is 0 Å². The van der Waals surface area contributed by atoms with Gasteiger partial charge in [-0.05, 0) is 43.5 Å². The van der Waals surface area contributed by atoms with Crippen LogP contribution in [0.25, 0.3) is 0 Å². The number of halogens is 1. The van der Waals surface area contributed by atoms with Crippen molar-refractivity contribution in [2.75, 3.05) is 17.7 Å². The topological polar surface area (TPSA) is 49.8 Å². The zero-order chi connectivity index (χ0) is 15.4. The Labute approximate surface area is 134 Å². The number of nitrogens with one attached hydrogen (secondary N) is 2. The Kier molecular flexibility index (Phi) is 5.17. The zero-order valence-electron chi connectivity index (χ0n) is 12.9. The van der Waals surface area contributed by atoms with E-state index in [0.717, 1.165) is 40.2 Å². The lowest BCUT2D eigenvalue weighted by Gasteiger charge is -2.17. The van der Waals surface area contributed by atoms with Crippen LogP contribution >= 0.6 is 15.9 Å². The van der Waals surface area contributed by atoms with Crippen LogP contribution < -0.4 is 10.6 Å². The molecule has 1 aromatic heterocycles. The summed E-state index contributed by atoms with van der Waals surface area (Å²) in [5, 5.41) is 6.63. The molecule has 0 aliphatic heterocycles. The highest BCUT2D eigenvalue weighted by molar-refractivity contribution is 9.10. The van der Waals surface area contributed by atoms with Gasteiger partial charge in [-0.15, -0.1) is 0 Å². The maximum Gasteiger partial charge on any atom is 0.139 e. The first-order chi connectivity index (χ1) is 10.1. The minimum Gasteiger partial charge on any atom is -0.373 e. The molecule has 21 heavy (non-hydrogen) atoms. The van der Waals surface area contributed by atoms with Crippen molar-refractivity contribution in [2.24, 2.45) is 0 Å². The molecule has 2 aromatic rings. The van der Waals surface area contributed by atoms with Crippen molar-refractivity contribution >= 4 is 33.3 Å². The van der Waals surface area contributed by atoms with Gasteiger partial charge in [-0.1, -0.05) is 29.3 Å². The molecule has 0 saturated heterocycles. The van der Waals surface area contributed by atoms with Crippen molar-refractivity contribution in [1.82, 2.24) is 9.97 Å². The first kappa shape index (κ1) is 15.8. The first-order valence-corrected chi connectivity index (χ1v) is 7.91. The van der Waals surface area contributed by atoms with Crippen molar-refractivity contribution < 1.29 is 0 Å². The monoisotopic (exact) mass is 348 g/mol. The van der Waals surface area contributed by atoms with Gasteiger partial charge in [0, 0.05) is 22.8 Å². The maximum atomic E-state index is 4.43. The Morgan fingerprint density at radius 1 is 1.10 bits per heavy atom. The Bertz CT molecular complexity index is 617. The van der Waals surface area contributed by atoms with Crippen LogP contribution in [0.15, 0.2) is 22.9 Å². The van der Waals surface area contributed by atoms with Gasteiger partial charge < -0.3 is 10.6 Å². The molecular weight excluding hydrogens is 328 g/mol. The van der Waals surface area contributed by atoms with Crippen LogP contribution in [0.5, 0.6) is 0 Å². The molecule has 0 spiro atoms. The van der Waals surface area contributed by atoms with Gasteiger partial charge in [0.1, 0.15) is 18.0 Å². The summed E-state index contributed by atoms with van der Waals surface area (Å²) in [4.78, 5) is 8.74. The number of rotatable bonds is 5. The molecule has 0 unspecified atom stereocenters. The van der Waals surface area contributed by atoms with Gasteiger partial charge in [-0.3, -0.25) is 0 Å². The molecule has 5 heteroatoms. The minimum atomic E-state index is 0.879. The summed E-state index contributed by atoms with van der Waals surface area (Å²) in [5.74, 6) is 1.77. The van der Waals surface area contributed by atoms with E-state index in [9.17, 15) is 0 Å². The summed E-state index contributed by atoms with van der Waals surface area (Å²) in [5.41, 5.74) is 4.61. The fourth-order valence-corrected chi connectivity index (χ4v) is 3.14. The Hall–Kier alpha value is -1.62. The predicted molar refractivity (Wildman–Crippen MR) is 92.5 cm³/mol. The highest BCUT2D eigenvalue weighted by atomic mass is 79.9. The van der Waals surface area contributed by atoms with E-state index in [-0.39, 0.29) is 0 Å². The molecule has 0 aliphatic rings. The second-order valence-electron chi connectivity index (χ2n) is 5.09. The normalized spacial score (nSPS) is 10.5. The van der Waals surface area contributed by atoms with E-state index in [2.05, 4.69) is 69.4 Å². The van der Waals surface area contributed by atoms with Crippen molar-refractivity contribution in [3.63, 3.8) is 0 Å². The summed E-state index contributed by atoms with van der Waals surface area (Å²) >= 11 is 3.53. The lowest BCUT2D eigenvalue weighted by molar-refractivity contribution is 0.905. The lowest BCUT2D eigenvalue weighted by Crippen LogP contribution is -2.07. The largest absolute Gasteiger partial charge is 0.373 e. The predicted octanol–water partition coefficient (Wildman–Crippen LogP) is 4.59. The van der Waals surface area contributed by atoms with Crippen LogP contribution in [0, 0.1) is 13.8 Å². The Balaban J connectivity index is 2.44. The van der Waals surface area contributed by atoms with Crippen molar-refractivity contribution in [2.45, 2.75) is 33.6 Å². The second kappa shape index (κ2) is 6.89. The number of nitrogens with zero attached hydrogens (tertiary/aromatic N) is 2. The summed E-state index contributed by atoms with van der Waals surface area (Å²) in [6.07, 6.45) is 3.58. The van der Waals surface area contributed by atoms with E-state index in [0.29, 0.717) is 0 Å². The number of aryl methyl sites for hydroxylation is 2. The molecule has 4 nitrogen and oxygen atoms in total. The molecule has 2 rings (SSSR count). The SMILES string of the molecule is CCCc1c(NC)ncnc1Nc1c(C)cc(Br)cc1C. The van der Waals surface area contributed by atoms with Crippen LogP contribution in [-0.4, -0.2) is 17.0 Å². The summed E-state index contributed by atoms with van der Waals surface area (Å²) < 4.78 is 1.09. The molecule has 0 amide bonds. The van der Waals surface area contributed by atoms with Gasteiger partial charge >= 0.3 is 0 Å². The van der Waals surface area contributed by atoms with Crippen molar-refractivity contribution in [3.8, 4) is 0 Å². The zero-order valence-corrected chi connectivity index (χ0v) is 14.5. The number of aromatic nitrogens is 2. The van der Waals surface area contributed by atoms with E-state index in [1.165, 1.54) is 11.1 Å². The molecule has 1 aromatic carbocycles. The summed E-state index contributed by atoms with van der Waals surface area (Å²) in [7, 11) is 1.89. The van der Waals surface area contributed by atoms with Crippen LogP contribution in [0.1, 0.15) is 30.0 Å². The number of benzene rings is 1. The van der Waals surface area contributed by atoms with Crippen LogP contribution in [0.4, 0.5) is 17.3 Å². The maximum absolute atomic E-state index is 4.43. The van der Waals surface area contributed by atoms with Gasteiger partial charge in [0.15, 0.2) is 0 Å². The van der Waals surface area contributed by atoms with Crippen LogP contribution in [0.2, 0.25) is 0 Å². The van der Waals surface area contributed by atoms with Gasteiger partial charge in [-0.25, -0.2) is 9.97 Å². The van der Waals surface area contributed by atoms with E-state index >= 15 is 0 Å². The van der Waals surface area contributed by atoms with Gasteiger partial charge in [0.25, 0.3) is 0 Å². The molecule has 0 radical (unpaired) electrons. The molecule has 0 atom stereocenters. The average molecular weight is 349 g/mol. The molecule has 2 N–H and O–H groups in total. The van der Waals surface area contributed by atoms with Gasteiger partial charge in [-0.2, -0.15) is 0 Å². The Morgan fingerprint density at radius 2 is 1.71 bits per heavy atom. The minimum absolute atomic E-state index is 0.879. The highest BCUT2D eigenvalue weighted by Gasteiger charge is 2.12. The third-order valence-corrected chi connectivity index (χ3v) is 3.88. The molecule has 112 valence electrons. The van der Waals surface area contributed by atoms with Crippen molar-refractivity contribution in [3.05, 3.63) is 39.6 Å². The van der Waals surface area contributed by atoms with Crippen LogP contribution in [-0.2, 0) is 6.42 Å². The molecule has 0 bridgehead atoms. The smallest absolute Gasteiger partial charge is 0.139 e. The van der Waals surface area contributed by atoms with Gasteiger partial charge in [0.05, 0.1) is 0 Å². The molecule has 0 fully saturated rings. The molecule has 1 heterocycles. The highest BCUT2D eigenvalue weighted by Crippen LogP contribution is 2.30. The second-order valence-corrected chi connectivity index (χ2v) is 6.00. The Morgan fingerprint density at radius 3 is 2.29 bits per heavy atom. The number of hydrogen-bond acceptors (Lipinski definition) is 4. The average Bonchev–Trinajstić information content (AvgIpc) is 2.44. The fourth-order valence-electron chi connectivity index (χ4n) is 2.45. The van der Waals surface area contributed by atoms with Crippen molar-refractivity contribution in [1.29, 1.82) is 0 Å². The van der Waals surface area contributed by atoms with E-state index in [1.54, 1.807) is 6.33 Å². The molecular formula is C16H21BrN4. The fraction of sp³-hybridized carbons (Fsp3) is 0.375. The standard InChI is InChI=1S/C16H21BrN4/c1-5-6-13-15(18-4)19-9-20-16(13)21-14-10(2)7-12(17)8-11(14)3/h7-9H,5-6H2,1-4H3,(H2,18,19,20,21). The van der Waals surface area contributed by atoms with E-state index in [4.69, 9.17) is 0 Å². The van der Waals surface area contributed by atoms with E-state index < -0.39 is 0 Å². The quantitative estimate of drug-likeness (QED) is 0.829. The third kappa shape index (κ3) is 3.53. The summed E-state index contributed by atoms with van der Waals surface area (Å²) in [6, 6.07) is 4.21. The first-order valence-electron chi connectivity index (χ1n) is 7.12. The van der Waals surface area contributed by atoms with E-state index in [1.807, 2.05) is 7.05 Å². The lowest BCUT2D eigenvalue weighted by atomic mass is 10.1. The summed E-state index contributed by atoms with van der Waals surface area (Å²) in [6.45, 7) is 6.35.